The first kappa shape index (κ1) is 21.8. The van der Waals surface area contributed by atoms with E-state index in [0.29, 0.717) is 29.5 Å². The molecule has 0 aromatic heterocycles. The molecule has 0 aliphatic heterocycles. The predicted octanol–water partition coefficient (Wildman–Crippen LogP) is 4.18. The third kappa shape index (κ3) is 5.82. The fraction of sp³-hybridized carbons (Fsp3) is 0.364. The van der Waals surface area contributed by atoms with E-state index in [-0.39, 0.29) is 10.8 Å². The van der Waals surface area contributed by atoms with E-state index in [2.05, 4.69) is 22.2 Å². The van der Waals surface area contributed by atoms with Crippen LogP contribution in [-0.2, 0) is 10.0 Å². The highest BCUT2D eigenvalue weighted by atomic mass is 32.2. The minimum Gasteiger partial charge on any atom is -0.494 e. The maximum Gasteiger partial charge on any atom is 0.271 e. The first-order valence-corrected chi connectivity index (χ1v) is 11.6. The molecule has 3 rings (SSSR count). The highest BCUT2D eigenvalue weighted by molar-refractivity contribution is 7.92. The molecule has 30 heavy (non-hydrogen) atoms. The van der Waals surface area contributed by atoms with Gasteiger partial charge >= 0.3 is 0 Å². The van der Waals surface area contributed by atoms with Crippen LogP contribution in [0.5, 0.6) is 5.75 Å². The van der Waals surface area contributed by atoms with Crippen LogP contribution in [0.1, 0.15) is 49.9 Å². The molecule has 1 saturated carbocycles. The average Bonchev–Trinajstić information content (AvgIpc) is 2.73. The molecular weight excluding hydrogens is 402 g/mol. The quantitative estimate of drug-likeness (QED) is 0.645. The lowest BCUT2D eigenvalue weighted by Gasteiger charge is -2.18. The molecule has 1 aliphatic carbocycles. The molecule has 0 saturated heterocycles. The topological polar surface area (TPSA) is 96.9 Å². The number of carbonyl (C=O) groups is 1. The monoisotopic (exact) mass is 429 g/mol. The van der Waals surface area contributed by atoms with Crippen molar-refractivity contribution < 1.29 is 17.9 Å². The molecule has 1 unspecified atom stereocenters. The van der Waals surface area contributed by atoms with Gasteiger partial charge in [-0.3, -0.25) is 9.52 Å². The van der Waals surface area contributed by atoms with Gasteiger partial charge in [-0.2, -0.15) is 5.10 Å². The van der Waals surface area contributed by atoms with Crippen molar-refractivity contribution in [3.05, 3.63) is 54.1 Å². The van der Waals surface area contributed by atoms with Crippen LogP contribution < -0.4 is 14.9 Å². The van der Waals surface area contributed by atoms with Gasteiger partial charge in [-0.05, 0) is 87.1 Å². The van der Waals surface area contributed by atoms with Gasteiger partial charge in [0.1, 0.15) is 5.75 Å². The second-order valence-electron chi connectivity index (χ2n) is 7.41. The largest absolute Gasteiger partial charge is 0.494 e. The number of rotatable bonds is 7. The molecule has 2 aromatic rings. The molecule has 2 N–H and O–H groups in total. The normalized spacial score (nSPS) is 18.1. The van der Waals surface area contributed by atoms with E-state index in [9.17, 15) is 13.2 Å². The number of nitrogens with one attached hydrogen (secondary N) is 2. The van der Waals surface area contributed by atoms with Crippen molar-refractivity contribution in [2.75, 3.05) is 11.3 Å². The summed E-state index contributed by atoms with van der Waals surface area (Å²) in [5.41, 5.74) is 4.39. The smallest absolute Gasteiger partial charge is 0.271 e. The number of hydrogen-bond acceptors (Lipinski definition) is 5. The molecule has 1 atom stereocenters. The summed E-state index contributed by atoms with van der Waals surface area (Å²) >= 11 is 0. The number of ether oxygens (including phenoxy) is 1. The molecule has 7 nitrogen and oxygen atoms in total. The second kappa shape index (κ2) is 9.75. The maximum atomic E-state index is 12.5. The Bertz CT molecular complexity index is 1000. The van der Waals surface area contributed by atoms with Gasteiger partial charge in [-0.15, -0.1) is 0 Å². The zero-order chi connectivity index (χ0) is 21.6. The Labute approximate surface area is 177 Å². The molecule has 0 spiro atoms. The summed E-state index contributed by atoms with van der Waals surface area (Å²) in [5.74, 6) is 0.886. The molecule has 1 fully saturated rings. The van der Waals surface area contributed by atoms with Gasteiger partial charge in [-0.25, -0.2) is 13.8 Å². The summed E-state index contributed by atoms with van der Waals surface area (Å²) in [6.45, 7) is 4.55. The van der Waals surface area contributed by atoms with E-state index in [1.165, 1.54) is 18.6 Å². The molecule has 8 heteroatoms. The Kier molecular flexibility index (Phi) is 7.10. The third-order valence-corrected chi connectivity index (χ3v) is 6.30. The third-order valence-electron chi connectivity index (χ3n) is 4.91. The van der Waals surface area contributed by atoms with Crippen molar-refractivity contribution >= 4 is 27.3 Å². The van der Waals surface area contributed by atoms with Gasteiger partial charge in [0.2, 0.25) is 0 Å². The van der Waals surface area contributed by atoms with Gasteiger partial charge in [-0.1, -0.05) is 6.92 Å². The lowest BCUT2D eigenvalue weighted by atomic mass is 9.89. The fourth-order valence-electron chi connectivity index (χ4n) is 3.34. The first-order chi connectivity index (χ1) is 14.4. The van der Waals surface area contributed by atoms with Crippen molar-refractivity contribution in [1.82, 2.24) is 5.43 Å². The molecule has 160 valence electrons. The van der Waals surface area contributed by atoms with E-state index in [0.717, 1.165) is 25.0 Å². The van der Waals surface area contributed by atoms with E-state index in [1.54, 1.807) is 36.4 Å². The van der Waals surface area contributed by atoms with Crippen LogP contribution in [0.25, 0.3) is 0 Å². The van der Waals surface area contributed by atoms with Crippen molar-refractivity contribution in [3.63, 3.8) is 0 Å². The van der Waals surface area contributed by atoms with Gasteiger partial charge in [0, 0.05) is 17.0 Å². The van der Waals surface area contributed by atoms with E-state index in [1.807, 2.05) is 6.92 Å². The number of nitrogens with zero attached hydrogens (tertiary/aromatic N) is 1. The van der Waals surface area contributed by atoms with Crippen LogP contribution >= 0.6 is 0 Å². The SMILES string of the molecule is CCOc1ccc(S(=O)(=O)Nc2ccc(C(=O)N/N=C3/CCCC(C)C3)cc2)cc1. The summed E-state index contributed by atoms with van der Waals surface area (Å²) in [4.78, 5) is 12.4. The van der Waals surface area contributed by atoms with Crippen LogP contribution in [0.4, 0.5) is 5.69 Å². The average molecular weight is 430 g/mol. The summed E-state index contributed by atoms with van der Waals surface area (Å²) in [5, 5.41) is 4.25. The molecular formula is C22H27N3O4S. The number of hydrazone groups is 1. The summed E-state index contributed by atoms with van der Waals surface area (Å²) in [6.07, 6.45) is 4.11. The molecule has 1 amide bonds. The van der Waals surface area contributed by atoms with Crippen molar-refractivity contribution in [3.8, 4) is 5.75 Å². The summed E-state index contributed by atoms with van der Waals surface area (Å²) in [7, 11) is -3.74. The highest BCUT2D eigenvalue weighted by Gasteiger charge is 2.16. The Balaban J connectivity index is 1.62. The van der Waals surface area contributed by atoms with Crippen LogP contribution in [0.3, 0.4) is 0 Å². The summed E-state index contributed by atoms with van der Waals surface area (Å²) in [6, 6.07) is 12.4. The van der Waals surface area contributed by atoms with Crippen molar-refractivity contribution in [1.29, 1.82) is 0 Å². The van der Waals surface area contributed by atoms with Gasteiger partial charge < -0.3 is 4.74 Å². The van der Waals surface area contributed by atoms with Gasteiger partial charge in [0.05, 0.1) is 11.5 Å². The lowest BCUT2D eigenvalue weighted by molar-refractivity contribution is 0.0954. The van der Waals surface area contributed by atoms with Gasteiger partial charge in [0.25, 0.3) is 15.9 Å². The standard InChI is InChI=1S/C22H27N3O4S/c1-3-29-20-11-13-21(14-12-20)30(27,28)25-18-9-7-17(8-10-18)22(26)24-23-19-6-4-5-16(2)15-19/h7-14,16,25H,3-6,15H2,1-2H3,(H,24,26)/b23-19-. The van der Waals surface area contributed by atoms with E-state index < -0.39 is 10.0 Å². The Morgan fingerprint density at radius 2 is 1.83 bits per heavy atom. The number of anilines is 1. The molecule has 0 heterocycles. The molecule has 0 radical (unpaired) electrons. The number of hydrogen-bond donors (Lipinski definition) is 2. The summed E-state index contributed by atoms with van der Waals surface area (Å²) < 4.78 is 32.9. The number of carbonyl (C=O) groups excluding carboxylic acids is 1. The van der Waals surface area contributed by atoms with Crippen molar-refractivity contribution in [2.24, 2.45) is 11.0 Å². The van der Waals surface area contributed by atoms with Crippen molar-refractivity contribution in [2.45, 2.75) is 44.4 Å². The van der Waals surface area contributed by atoms with Crippen LogP contribution in [0, 0.1) is 5.92 Å². The first-order valence-electron chi connectivity index (χ1n) is 10.1. The van der Waals surface area contributed by atoms with Crippen LogP contribution in [0.15, 0.2) is 58.5 Å². The second-order valence-corrected chi connectivity index (χ2v) is 9.09. The number of sulfonamides is 1. The van der Waals surface area contributed by atoms with E-state index >= 15 is 0 Å². The fourth-order valence-corrected chi connectivity index (χ4v) is 4.40. The Morgan fingerprint density at radius 3 is 2.47 bits per heavy atom. The van der Waals surface area contributed by atoms with Crippen LogP contribution in [0.2, 0.25) is 0 Å². The maximum absolute atomic E-state index is 12.5. The van der Waals surface area contributed by atoms with Crippen LogP contribution in [-0.4, -0.2) is 26.6 Å². The lowest BCUT2D eigenvalue weighted by Crippen LogP contribution is -2.22. The number of amides is 1. The Morgan fingerprint density at radius 1 is 1.13 bits per heavy atom. The predicted molar refractivity (Wildman–Crippen MR) is 117 cm³/mol. The minimum absolute atomic E-state index is 0.130. The number of benzene rings is 2. The van der Waals surface area contributed by atoms with E-state index in [4.69, 9.17) is 4.74 Å². The minimum atomic E-state index is -3.74. The molecule has 1 aliphatic rings. The van der Waals surface area contributed by atoms with Gasteiger partial charge in [0.15, 0.2) is 0 Å². The zero-order valence-corrected chi connectivity index (χ0v) is 18.0. The molecule has 2 aromatic carbocycles. The highest BCUT2D eigenvalue weighted by Crippen LogP contribution is 2.21. The Hall–Kier alpha value is -2.87. The zero-order valence-electron chi connectivity index (χ0n) is 17.2. The molecule has 0 bridgehead atoms.